The molecule has 0 spiro atoms. The van der Waals surface area contributed by atoms with E-state index in [9.17, 15) is 4.79 Å². The highest BCUT2D eigenvalue weighted by Gasteiger charge is 2.22. The molecule has 1 aliphatic heterocycles. The van der Waals surface area contributed by atoms with E-state index < -0.39 is 6.09 Å². The number of carbonyl (C=O) groups is 1. The summed E-state index contributed by atoms with van der Waals surface area (Å²) < 4.78 is 0. The third-order valence-electron chi connectivity index (χ3n) is 2.42. The third-order valence-corrected chi connectivity index (χ3v) is 2.42. The molecule has 0 aliphatic carbocycles. The molecule has 1 aliphatic rings. The van der Waals surface area contributed by atoms with Crippen LogP contribution in [0.4, 0.5) is 4.79 Å². The lowest BCUT2D eigenvalue weighted by molar-refractivity contribution is 0.126. The Kier molecular flexibility index (Phi) is 10.1. The number of carboxylic acid groups (broad SMARTS) is 1. The number of piperidine rings is 1. The van der Waals surface area contributed by atoms with Crippen LogP contribution < -0.4 is 11.1 Å². The van der Waals surface area contributed by atoms with Crippen LogP contribution >= 0.6 is 24.8 Å². The minimum absolute atomic E-state index is 0. The Morgan fingerprint density at radius 3 is 2.75 bits per heavy atom. The van der Waals surface area contributed by atoms with Crippen molar-refractivity contribution in [2.24, 2.45) is 5.73 Å². The quantitative estimate of drug-likeness (QED) is 0.714. The van der Waals surface area contributed by atoms with Crippen molar-refractivity contribution in [3.63, 3.8) is 0 Å². The number of hydrogen-bond donors (Lipinski definition) is 3. The van der Waals surface area contributed by atoms with Crippen LogP contribution in [0.2, 0.25) is 0 Å². The molecule has 1 fully saturated rings. The second-order valence-electron chi connectivity index (χ2n) is 3.95. The largest absolute Gasteiger partial charge is 0.465 e. The van der Waals surface area contributed by atoms with Gasteiger partial charge in [-0.25, -0.2) is 4.79 Å². The second kappa shape index (κ2) is 8.87. The standard InChI is InChI=1S/C9H19N3O2.2ClH/c1-7(10)5-11-8-3-2-4-12(6-8)9(13)14;;/h7-8,11H,2-6,10H2,1H3,(H,13,14);2*1H. The SMILES string of the molecule is CC(N)CNC1CCCN(C(=O)O)C1.Cl.Cl. The highest BCUT2D eigenvalue weighted by Crippen LogP contribution is 2.09. The summed E-state index contributed by atoms with van der Waals surface area (Å²) in [5, 5.41) is 12.1. The van der Waals surface area contributed by atoms with Crippen LogP contribution in [0.3, 0.4) is 0 Å². The molecule has 4 N–H and O–H groups in total. The zero-order valence-electron chi connectivity index (χ0n) is 9.39. The maximum absolute atomic E-state index is 10.7. The van der Waals surface area contributed by atoms with Gasteiger partial charge in [-0.1, -0.05) is 0 Å². The van der Waals surface area contributed by atoms with Crippen LogP contribution in [0.5, 0.6) is 0 Å². The number of likely N-dealkylation sites (tertiary alicyclic amines) is 1. The molecule has 0 radical (unpaired) electrons. The molecule has 2 unspecified atom stereocenters. The van der Waals surface area contributed by atoms with Crippen LogP contribution in [0.1, 0.15) is 19.8 Å². The topological polar surface area (TPSA) is 78.6 Å². The minimum Gasteiger partial charge on any atom is -0.465 e. The van der Waals surface area contributed by atoms with Crippen molar-refractivity contribution in [2.75, 3.05) is 19.6 Å². The number of nitrogens with zero attached hydrogens (tertiary/aromatic N) is 1. The van der Waals surface area contributed by atoms with Gasteiger partial charge in [0.1, 0.15) is 0 Å². The zero-order chi connectivity index (χ0) is 10.6. The number of nitrogens with one attached hydrogen (secondary N) is 1. The Labute approximate surface area is 109 Å². The van der Waals surface area contributed by atoms with Gasteiger partial charge in [0.2, 0.25) is 0 Å². The van der Waals surface area contributed by atoms with Crippen molar-refractivity contribution in [1.82, 2.24) is 10.2 Å². The molecule has 0 saturated carbocycles. The van der Waals surface area contributed by atoms with E-state index in [4.69, 9.17) is 10.8 Å². The first-order valence-electron chi connectivity index (χ1n) is 5.06. The number of halogens is 2. The lowest BCUT2D eigenvalue weighted by atomic mass is 10.1. The van der Waals surface area contributed by atoms with Crippen molar-refractivity contribution in [3.8, 4) is 0 Å². The molecule has 1 saturated heterocycles. The summed E-state index contributed by atoms with van der Waals surface area (Å²) in [6.45, 7) is 3.93. The number of hydrogen-bond acceptors (Lipinski definition) is 3. The smallest absolute Gasteiger partial charge is 0.407 e. The van der Waals surface area contributed by atoms with E-state index in [0.29, 0.717) is 13.1 Å². The Bertz CT molecular complexity index is 205. The molecular weight excluding hydrogens is 253 g/mol. The predicted molar refractivity (Wildman–Crippen MR) is 68.8 cm³/mol. The van der Waals surface area contributed by atoms with E-state index in [1.165, 1.54) is 4.90 Å². The summed E-state index contributed by atoms with van der Waals surface area (Å²) in [6.07, 6.45) is 1.15. The van der Waals surface area contributed by atoms with Crippen LogP contribution in [-0.4, -0.2) is 47.8 Å². The van der Waals surface area contributed by atoms with E-state index in [-0.39, 0.29) is 36.9 Å². The highest BCUT2D eigenvalue weighted by molar-refractivity contribution is 5.85. The van der Waals surface area contributed by atoms with Gasteiger partial charge in [0.15, 0.2) is 0 Å². The molecule has 0 aromatic rings. The Morgan fingerprint density at radius 2 is 2.25 bits per heavy atom. The fourth-order valence-corrected chi connectivity index (χ4v) is 1.67. The molecule has 0 bridgehead atoms. The first kappa shape index (κ1) is 18.1. The van der Waals surface area contributed by atoms with E-state index in [1.807, 2.05) is 6.92 Å². The maximum atomic E-state index is 10.7. The molecular formula is C9H21Cl2N3O2. The van der Waals surface area contributed by atoms with Gasteiger partial charge in [-0.2, -0.15) is 0 Å². The summed E-state index contributed by atoms with van der Waals surface area (Å²) in [6, 6.07) is 0.390. The molecule has 7 heteroatoms. The average Bonchev–Trinajstić information content (AvgIpc) is 2.15. The molecule has 0 aromatic carbocycles. The third kappa shape index (κ3) is 6.37. The number of rotatable bonds is 3. The molecule has 1 heterocycles. The van der Waals surface area contributed by atoms with Crippen LogP contribution in [0, 0.1) is 0 Å². The van der Waals surface area contributed by atoms with Gasteiger partial charge < -0.3 is 21.1 Å². The van der Waals surface area contributed by atoms with Gasteiger partial charge in [0, 0.05) is 31.7 Å². The van der Waals surface area contributed by atoms with Crippen LogP contribution in [-0.2, 0) is 0 Å². The molecule has 16 heavy (non-hydrogen) atoms. The summed E-state index contributed by atoms with van der Waals surface area (Å²) in [5.41, 5.74) is 5.61. The normalized spacial score (nSPS) is 21.6. The van der Waals surface area contributed by atoms with Gasteiger partial charge in [-0.3, -0.25) is 0 Å². The fraction of sp³-hybridized carbons (Fsp3) is 0.889. The lowest BCUT2D eigenvalue weighted by Crippen LogP contribution is -2.49. The molecule has 2 atom stereocenters. The van der Waals surface area contributed by atoms with Crippen molar-refractivity contribution < 1.29 is 9.90 Å². The molecule has 1 rings (SSSR count). The van der Waals surface area contributed by atoms with E-state index in [0.717, 1.165) is 19.4 Å². The van der Waals surface area contributed by atoms with E-state index >= 15 is 0 Å². The van der Waals surface area contributed by atoms with E-state index in [2.05, 4.69) is 5.32 Å². The van der Waals surface area contributed by atoms with Gasteiger partial charge in [0.25, 0.3) is 0 Å². The molecule has 0 aromatic heterocycles. The Morgan fingerprint density at radius 1 is 1.62 bits per heavy atom. The minimum atomic E-state index is -0.822. The van der Waals surface area contributed by atoms with Crippen molar-refractivity contribution in [2.45, 2.75) is 31.8 Å². The van der Waals surface area contributed by atoms with Crippen molar-refractivity contribution in [3.05, 3.63) is 0 Å². The van der Waals surface area contributed by atoms with E-state index in [1.54, 1.807) is 0 Å². The van der Waals surface area contributed by atoms with Gasteiger partial charge in [-0.15, -0.1) is 24.8 Å². The lowest BCUT2D eigenvalue weighted by Gasteiger charge is -2.31. The molecule has 5 nitrogen and oxygen atoms in total. The maximum Gasteiger partial charge on any atom is 0.407 e. The molecule has 98 valence electrons. The van der Waals surface area contributed by atoms with Crippen molar-refractivity contribution >= 4 is 30.9 Å². The van der Waals surface area contributed by atoms with Gasteiger partial charge >= 0.3 is 6.09 Å². The Balaban J connectivity index is 0. The fourth-order valence-electron chi connectivity index (χ4n) is 1.67. The summed E-state index contributed by atoms with van der Waals surface area (Å²) in [4.78, 5) is 12.2. The summed E-state index contributed by atoms with van der Waals surface area (Å²) in [5.74, 6) is 0. The number of amides is 1. The second-order valence-corrected chi connectivity index (χ2v) is 3.95. The summed E-state index contributed by atoms with van der Waals surface area (Å²) in [7, 11) is 0. The van der Waals surface area contributed by atoms with Gasteiger partial charge in [0.05, 0.1) is 0 Å². The first-order chi connectivity index (χ1) is 6.59. The van der Waals surface area contributed by atoms with Crippen LogP contribution in [0.25, 0.3) is 0 Å². The average molecular weight is 274 g/mol. The van der Waals surface area contributed by atoms with Gasteiger partial charge in [-0.05, 0) is 19.8 Å². The Hall–Kier alpha value is -0.230. The molecule has 1 amide bonds. The predicted octanol–water partition coefficient (Wildman–Crippen LogP) is 0.909. The number of nitrogens with two attached hydrogens (primary N) is 1. The zero-order valence-corrected chi connectivity index (χ0v) is 11.0. The monoisotopic (exact) mass is 273 g/mol. The summed E-state index contributed by atoms with van der Waals surface area (Å²) >= 11 is 0. The first-order valence-corrected chi connectivity index (χ1v) is 5.06. The van der Waals surface area contributed by atoms with Crippen LogP contribution in [0.15, 0.2) is 0 Å². The highest BCUT2D eigenvalue weighted by atomic mass is 35.5. The van der Waals surface area contributed by atoms with Crippen molar-refractivity contribution in [1.29, 1.82) is 0 Å².